The van der Waals surface area contributed by atoms with Crippen LogP contribution in [0.1, 0.15) is 11.7 Å². The molecular weight excluding hydrogens is 156 g/mol. The fourth-order valence-corrected chi connectivity index (χ4v) is 0.881. The number of hydrogen-bond donors (Lipinski definition) is 2. The quantitative estimate of drug-likeness (QED) is 0.702. The number of carbonyl (C=O) groups is 1. The zero-order valence-corrected chi connectivity index (χ0v) is 6.34. The van der Waals surface area contributed by atoms with Gasteiger partial charge in [0.05, 0.1) is 6.10 Å². The van der Waals surface area contributed by atoms with Gasteiger partial charge in [0.15, 0.2) is 0 Å². The monoisotopic (exact) mass is 165 g/mol. The van der Waals surface area contributed by atoms with Crippen LogP contribution in [0.5, 0.6) is 0 Å². The van der Waals surface area contributed by atoms with Crippen molar-refractivity contribution in [3.63, 3.8) is 0 Å². The molecular formula is C9H9O3. The van der Waals surface area contributed by atoms with Gasteiger partial charge in [0, 0.05) is 0 Å². The van der Waals surface area contributed by atoms with E-state index in [-0.39, 0.29) is 0 Å². The van der Waals surface area contributed by atoms with E-state index < -0.39 is 12.1 Å². The summed E-state index contributed by atoms with van der Waals surface area (Å²) in [5, 5.41) is 17.6. The van der Waals surface area contributed by atoms with Crippen LogP contribution in [-0.2, 0) is 4.79 Å². The highest BCUT2D eigenvalue weighted by molar-refractivity contribution is 5.77. The molecule has 2 N–H and O–H groups in total. The van der Waals surface area contributed by atoms with E-state index in [1.165, 1.54) is 0 Å². The Hall–Kier alpha value is -1.35. The summed E-state index contributed by atoms with van der Waals surface area (Å²) in [7, 11) is 0. The van der Waals surface area contributed by atoms with Crippen LogP contribution in [0.4, 0.5) is 0 Å². The first kappa shape index (κ1) is 8.74. The Kier molecular flexibility index (Phi) is 2.82. The summed E-state index contributed by atoms with van der Waals surface area (Å²) in [6.07, 6.45) is -0.182. The van der Waals surface area contributed by atoms with Crippen LogP contribution >= 0.6 is 0 Å². The predicted molar refractivity (Wildman–Crippen MR) is 43.3 cm³/mol. The molecule has 0 aromatic heterocycles. The van der Waals surface area contributed by atoms with E-state index in [1.54, 1.807) is 30.3 Å². The lowest BCUT2D eigenvalue weighted by molar-refractivity contribution is -0.134. The first-order valence-electron chi connectivity index (χ1n) is 3.51. The fourth-order valence-electron chi connectivity index (χ4n) is 0.881. The van der Waals surface area contributed by atoms with Gasteiger partial charge in [0.2, 0.25) is 0 Å². The largest absolute Gasteiger partial charge is 0.481 e. The summed E-state index contributed by atoms with van der Waals surface area (Å²) < 4.78 is 0. The van der Waals surface area contributed by atoms with Crippen LogP contribution in [0.3, 0.4) is 0 Å². The van der Waals surface area contributed by atoms with Crippen molar-refractivity contribution in [3.8, 4) is 0 Å². The van der Waals surface area contributed by atoms with Gasteiger partial charge < -0.3 is 10.2 Å². The lowest BCUT2D eigenvalue weighted by atomic mass is 10.1. The third kappa shape index (κ3) is 2.36. The van der Waals surface area contributed by atoms with E-state index in [0.29, 0.717) is 5.56 Å². The number of rotatable bonds is 3. The van der Waals surface area contributed by atoms with Crippen LogP contribution in [0, 0.1) is 6.42 Å². The molecule has 0 saturated carbocycles. The van der Waals surface area contributed by atoms with Crippen molar-refractivity contribution < 1.29 is 15.0 Å². The van der Waals surface area contributed by atoms with Gasteiger partial charge in [0.25, 0.3) is 0 Å². The molecule has 0 fully saturated rings. The summed E-state index contributed by atoms with van der Waals surface area (Å²) in [6.45, 7) is 0. The minimum absolute atomic E-state index is 0.583. The van der Waals surface area contributed by atoms with E-state index >= 15 is 0 Å². The Morgan fingerprint density at radius 3 is 2.42 bits per heavy atom. The van der Waals surface area contributed by atoms with E-state index in [4.69, 9.17) is 5.11 Å². The molecule has 1 aromatic rings. The highest BCUT2D eigenvalue weighted by Crippen LogP contribution is 2.14. The topological polar surface area (TPSA) is 57.5 Å². The van der Waals surface area contributed by atoms with Crippen LogP contribution in [0.25, 0.3) is 0 Å². The maximum absolute atomic E-state index is 10.2. The zero-order chi connectivity index (χ0) is 8.97. The standard InChI is InChI=1S/C9H9O3/c10-8(6-9(11)12)7-4-2-1-3-5-7/h1-6,8,10H,(H,11,12). The molecule has 63 valence electrons. The first-order valence-corrected chi connectivity index (χ1v) is 3.51. The number of aliphatic carboxylic acids is 1. The maximum atomic E-state index is 10.2. The normalized spacial score (nSPS) is 12.4. The lowest BCUT2D eigenvalue weighted by Gasteiger charge is -2.06. The summed E-state index contributed by atoms with van der Waals surface area (Å²) in [4.78, 5) is 10.2. The van der Waals surface area contributed by atoms with Crippen molar-refractivity contribution in [2.45, 2.75) is 6.10 Å². The molecule has 1 radical (unpaired) electrons. The summed E-state index contributed by atoms with van der Waals surface area (Å²) in [6, 6.07) is 8.63. The van der Waals surface area contributed by atoms with Crippen molar-refractivity contribution in [2.24, 2.45) is 0 Å². The third-order valence-electron chi connectivity index (χ3n) is 1.44. The lowest BCUT2D eigenvalue weighted by Crippen LogP contribution is -2.06. The molecule has 3 nitrogen and oxygen atoms in total. The zero-order valence-electron chi connectivity index (χ0n) is 6.34. The second-order valence-electron chi connectivity index (χ2n) is 2.36. The molecule has 0 saturated heterocycles. The minimum Gasteiger partial charge on any atom is -0.481 e. The molecule has 1 rings (SSSR count). The Bertz CT molecular complexity index is 256. The molecule has 0 bridgehead atoms. The molecule has 12 heavy (non-hydrogen) atoms. The second-order valence-corrected chi connectivity index (χ2v) is 2.36. The van der Waals surface area contributed by atoms with Crippen LogP contribution in [-0.4, -0.2) is 16.2 Å². The van der Waals surface area contributed by atoms with Crippen molar-refractivity contribution in [1.29, 1.82) is 0 Å². The average Bonchev–Trinajstić information content (AvgIpc) is 2.05. The Morgan fingerprint density at radius 2 is 1.92 bits per heavy atom. The number of carboxylic acids is 1. The van der Waals surface area contributed by atoms with Crippen LogP contribution in [0.2, 0.25) is 0 Å². The van der Waals surface area contributed by atoms with Crippen molar-refractivity contribution >= 4 is 5.97 Å². The minimum atomic E-state index is -1.12. The smallest absolute Gasteiger partial charge is 0.310 e. The van der Waals surface area contributed by atoms with E-state index in [1.807, 2.05) is 0 Å². The molecule has 0 aliphatic rings. The number of carboxylic acid groups (broad SMARTS) is 1. The summed E-state index contributed by atoms with van der Waals surface area (Å²) in [5.74, 6) is -1.12. The molecule has 0 spiro atoms. The summed E-state index contributed by atoms with van der Waals surface area (Å²) in [5.41, 5.74) is 0.583. The van der Waals surface area contributed by atoms with E-state index in [2.05, 4.69) is 0 Å². The average molecular weight is 165 g/mol. The van der Waals surface area contributed by atoms with Gasteiger partial charge in [-0.15, -0.1) is 0 Å². The van der Waals surface area contributed by atoms with E-state index in [9.17, 15) is 9.90 Å². The van der Waals surface area contributed by atoms with Gasteiger partial charge in [-0.2, -0.15) is 0 Å². The van der Waals surface area contributed by atoms with Gasteiger partial charge >= 0.3 is 5.97 Å². The molecule has 1 unspecified atom stereocenters. The maximum Gasteiger partial charge on any atom is 0.310 e. The molecule has 0 aliphatic carbocycles. The number of aliphatic hydroxyl groups is 1. The van der Waals surface area contributed by atoms with Crippen molar-refractivity contribution in [2.75, 3.05) is 0 Å². The molecule has 0 heterocycles. The molecule has 0 aliphatic heterocycles. The number of hydrogen-bond acceptors (Lipinski definition) is 2. The molecule has 1 atom stereocenters. The third-order valence-corrected chi connectivity index (χ3v) is 1.44. The highest BCUT2D eigenvalue weighted by Gasteiger charge is 2.11. The summed E-state index contributed by atoms with van der Waals surface area (Å²) >= 11 is 0. The van der Waals surface area contributed by atoms with Gasteiger partial charge in [-0.25, -0.2) is 0 Å². The van der Waals surface area contributed by atoms with Crippen molar-refractivity contribution in [3.05, 3.63) is 42.3 Å². The Balaban J connectivity index is 2.65. The first-order chi connectivity index (χ1) is 5.70. The number of benzene rings is 1. The Morgan fingerprint density at radius 1 is 1.33 bits per heavy atom. The van der Waals surface area contributed by atoms with Gasteiger partial charge in [-0.3, -0.25) is 4.79 Å². The van der Waals surface area contributed by atoms with E-state index in [0.717, 1.165) is 6.42 Å². The molecule has 3 heteroatoms. The van der Waals surface area contributed by atoms with Crippen LogP contribution in [0.15, 0.2) is 30.3 Å². The highest BCUT2D eigenvalue weighted by atomic mass is 16.4. The SMILES string of the molecule is O=C(O)[CH]C(O)c1ccccc1. The van der Waals surface area contributed by atoms with Gasteiger partial charge in [0.1, 0.15) is 6.42 Å². The predicted octanol–water partition coefficient (Wildman–Crippen LogP) is 1.01. The van der Waals surface area contributed by atoms with Crippen molar-refractivity contribution in [1.82, 2.24) is 0 Å². The van der Waals surface area contributed by atoms with Gasteiger partial charge in [-0.1, -0.05) is 30.3 Å². The fraction of sp³-hybridized carbons (Fsp3) is 0.111. The number of aliphatic hydroxyl groups excluding tert-OH is 1. The Labute approximate surface area is 70.3 Å². The van der Waals surface area contributed by atoms with Gasteiger partial charge in [-0.05, 0) is 5.56 Å². The van der Waals surface area contributed by atoms with Crippen LogP contribution < -0.4 is 0 Å². The molecule has 0 amide bonds. The second kappa shape index (κ2) is 3.88. The molecule has 1 aromatic carbocycles.